The van der Waals surface area contributed by atoms with Crippen LogP contribution in [0, 0.1) is 6.92 Å². The minimum Gasteiger partial charge on any atom is -0.317 e. The Morgan fingerprint density at radius 1 is 1.41 bits per heavy atom. The Bertz CT molecular complexity index is 700. The summed E-state index contributed by atoms with van der Waals surface area (Å²) in [6.07, 6.45) is 2.07. The van der Waals surface area contributed by atoms with Crippen LogP contribution in [0.4, 0.5) is 9.93 Å². The van der Waals surface area contributed by atoms with E-state index in [9.17, 15) is 4.79 Å². The highest BCUT2D eigenvalue weighted by Crippen LogP contribution is 2.30. The van der Waals surface area contributed by atoms with Gasteiger partial charge in [0.2, 0.25) is 0 Å². The van der Waals surface area contributed by atoms with E-state index >= 15 is 0 Å². The Morgan fingerprint density at radius 3 is 2.77 bits per heavy atom. The highest BCUT2D eigenvalue weighted by molar-refractivity contribution is 7.13. The standard InChI is InChI=1S/C15H15Cl2N3OS/c1-9-8-22-14(18-9)19-15(21)20(11-3-4-11)7-10-2-5-12(16)13(17)6-10/h2,5-6,8,11H,3-4,7H2,1H3,(H,18,19,21). The monoisotopic (exact) mass is 355 g/mol. The van der Waals surface area contributed by atoms with Gasteiger partial charge in [-0.2, -0.15) is 0 Å². The Kier molecular flexibility index (Phi) is 4.57. The lowest BCUT2D eigenvalue weighted by Gasteiger charge is -2.22. The predicted octanol–water partition coefficient (Wildman–Crippen LogP) is 4.95. The molecule has 0 spiro atoms. The van der Waals surface area contributed by atoms with Crippen LogP contribution in [0.5, 0.6) is 0 Å². The van der Waals surface area contributed by atoms with Crippen LogP contribution in [-0.4, -0.2) is 22.0 Å². The molecular weight excluding hydrogens is 341 g/mol. The molecule has 1 N–H and O–H groups in total. The molecule has 2 aromatic rings. The van der Waals surface area contributed by atoms with Gasteiger partial charge in [-0.25, -0.2) is 9.78 Å². The Morgan fingerprint density at radius 2 is 2.18 bits per heavy atom. The van der Waals surface area contributed by atoms with E-state index in [0.29, 0.717) is 21.7 Å². The number of aryl methyl sites for hydroxylation is 1. The fraction of sp³-hybridized carbons (Fsp3) is 0.333. The fourth-order valence-electron chi connectivity index (χ4n) is 2.16. The summed E-state index contributed by atoms with van der Waals surface area (Å²) in [5.41, 5.74) is 1.87. The fourth-order valence-corrected chi connectivity index (χ4v) is 3.16. The average Bonchev–Trinajstić information content (AvgIpc) is 3.23. The first-order valence-corrected chi connectivity index (χ1v) is 8.60. The first-order chi connectivity index (χ1) is 10.5. The number of hydrogen-bond acceptors (Lipinski definition) is 3. The van der Waals surface area contributed by atoms with Gasteiger partial charge < -0.3 is 4.90 Å². The number of aromatic nitrogens is 1. The molecule has 1 heterocycles. The molecule has 0 bridgehead atoms. The van der Waals surface area contributed by atoms with E-state index in [1.807, 2.05) is 23.3 Å². The molecule has 22 heavy (non-hydrogen) atoms. The molecule has 1 aromatic carbocycles. The molecule has 0 aliphatic heterocycles. The summed E-state index contributed by atoms with van der Waals surface area (Å²) in [7, 11) is 0. The van der Waals surface area contributed by atoms with Crippen LogP contribution in [0.3, 0.4) is 0 Å². The second kappa shape index (κ2) is 6.44. The summed E-state index contributed by atoms with van der Waals surface area (Å²) in [5.74, 6) is 0. The van der Waals surface area contributed by atoms with Gasteiger partial charge in [-0.15, -0.1) is 11.3 Å². The lowest BCUT2D eigenvalue weighted by Crippen LogP contribution is -2.36. The predicted molar refractivity (Wildman–Crippen MR) is 90.9 cm³/mol. The summed E-state index contributed by atoms with van der Waals surface area (Å²) >= 11 is 13.4. The van der Waals surface area contributed by atoms with Crippen molar-refractivity contribution in [3.63, 3.8) is 0 Å². The Hall–Kier alpha value is -1.30. The molecular formula is C15H15Cl2N3OS. The van der Waals surface area contributed by atoms with Crippen molar-refractivity contribution < 1.29 is 4.79 Å². The summed E-state index contributed by atoms with van der Waals surface area (Å²) in [4.78, 5) is 18.6. The number of urea groups is 1. The van der Waals surface area contributed by atoms with E-state index in [2.05, 4.69) is 10.3 Å². The molecule has 116 valence electrons. The minimum absolute atomic E-state index is 0.122. The van der Waals surface area contributed by atoms with Gasteiger partial charge in [0.1, 0.15) is 0 Å². The molecule has 4 nitrogen and oxygen atoms in total. The van der Waals surface area contributed by atoms with Gasteiger partial charge in [0.25, 0.3) is 0 Å². The third-order valence-corrected chi connectivity index (χ3v) is 5.03. The van der Waals surface area contributed by atoms with Crippen LogP contribution in [0.1, 0.15) is 24.1 Å². The van der Waals surface area contributed by atoms with E-state index < -0.39 is 0 Å². The van der Waals surface area contributed by atoms with Crippen LogP contribution in [0.25, 0.3) is 0 Å². The normalized spacial score (nSPS) is 14.0. The molecule has 1 saturated carbocycles. The van der Waals surface area contributed by atoms with Crippen molar-refractivity contribution in [1.82, 2.24) is 9.88 Å². The van der Waals surface area contributed by atoms with Crippen LogP contribution >= 0.6 is 34.5 Å². The first kappa shape index (κ1) is 15.6. The summed E-state index contributed by atoms with van der Waals surface area (Å²) < 4.78 is 0. The quantitative estimate of drug-likeness (QED) is 0.842. The van der Waals surface area contributed by atoms with Crippen LogP contribution in [-0.2, 0) is 6.54 Å². The molecule has 1 fully saturated rings. The molecule has 2 amide bonds. The summed E-state index contributed by atoms with van der Waals surface area (Å²) in [6, 6.07) is 5.62. The van der Waals surface area contributed by atoms with E-state index in [4.69, 9.17) is 23.2 Å². The van der Waals surface area contributed by atoms with Gasteiger partial charge in [-0.1, -0.05) is 29.3 Å². The molecule has 7 heteroatoms. The number of carbonyl (C=O) groups is 1. The largest absolute Gasteiger partial charge is 0.324 e. The highest BCUT2D eigenvalue weighted by Gasteiger charge is 2.33. The number of halogens is 2. The minimum atomic E-state index is -0.122. The van der Waals surface area contributed by atoms with E-state index in [1.165, 1.54) is 11.3 Å². The Balaban J connectivity index is 1.72. The number of rotatable bonds is 4. The molecule has 0 unspecified atom stereocenters. The Labute approximate surface area is 143 Å². The molecule has 0 radical (unpaired) electrons. The molecule has 3 rings (SSSR count). The summed E-state index contributed by atoms with van der Waals surface area (Å²) in [5, 5.41) is 6.43. The van der Waals surface area contributed by atoms with Gasteiger partial charge >= 0.3 is 6.03 Å². The topological polar surface area (TPSA) is 45.2 Å². The molecule has 1 aliphatic rings. The molecule has 0 saturated heterocycles. The van der Waals surface area contributed by atoms with Crippen LogP contribution in [0.2, 0.25) is 10.0 Å². The first-order valence-electron chi connectivity index (χ1n) is 6.96. The second-order valence-corrected chi connectivity index (χ2v) is 7.00. The average molecular weight is 356 g/mol. The third kappa shape index (κ3) is 3.72. The zero-order valence-corrected chi connectivity index (χ0v) is 14.3. The van der Waals surface area contributed by atoms with E-state index in [-0.39, 0.29) is 12.1 Å². The van der Waals surface area contributed by atoms with E-state index in [1.54, 1.807) is 12.1 Å². The summed E-state index contributed by atoms with van der Waals surface area (Å²) in [6.45, 7) is 2.41. The van der Waals surface area contributed by atoms with Gasteiger partial charge in [0.05, 0.1) is 15.7 Å². The van der Waals surface area contributed by atoms with Gasteiger partial charge in [-0.3, -0.25) is 5.32 Å². The highest BCUT2D eigenvalue weighted by atomic mass is 35.5. The molecule has 1 aromatic heterocycles. The number of amides is 2. The van der Waals surface area contributed by atoms with Crippen molar-refractivity contribution in [3.8, 4) is 0 Å². The van der Waals surface area contributed by atoms with Gasteiger partial charge in [-0.05, 0) is 37.5 Å². The van der Waals surface area contributed by atoms with Crippen molar-refractivity contribution in [1.29, 1.82) is 0 Å². The van der Waals surface area contributed by atoms with Crippen molar-refractivity contribution in [3.05, 3.63) is 44.9 Å². The maximum absolute atomic E-state index is 12.5. The lowest BCUT2D eigenvalue weighted by molar-refractivity contribution is 0.206. The number of carbonyl (C=O) groups excluding carboxylic acids is 1. The number of thiazole rings is 1. The lowest BCUT2D eigenvalue weighted by atomic mass is 10.2. The number of nitrogens with zero attached hydrogens (tertiary/aromatic N) is 2. The van der Waals surface area contributed by atoms with Gasteiger partial charge in [0, 0.05) is 18.0 Å². The second-order valence-electron chi connectivity index (χ2n) is 5.33. The SMILES string of the molecule is Cc1csc(NC(=O)N(Cc2ccc(Cl)c(Cl)c2)C2CC2)n1. The zero-order chi connectivity index (χ0) is 15.7. The van der Waals surface area contributed by atoms with Crippen LogP contribution in [0.15, 0.2) is 23.6 Å². The van der Waals surface area contributed by atoms with Crippen molar-refractivity contribution in [2.45, 2.75) is 32.4 Å². The number of hydrogen-bond donors (Lipinski definition) is 1. The van der Waals surface area contributed by atoms with E-state index in [0.717, 1.165) is 24.1 Å². The maximum Gasteiger partial charge on any atom is 0.324 e. The zero-order valence-electron chi connectivity index (χ0n) is 12.0. The van der Waals surface area contributed by atoms with Crippen LogP contribution < -0.4 is 5.32 Å². The third-order valence-electron chi connectivity index (χ3n) is 3.42. The van der Waals surface area contributed by atoms with Crippen molar-refractivity contribution in [2.24, 2.45) is 0 Å². The van der Waals surface area contributed by atoms with Crippen molar-refractivity contribution in [2.75, 3.05) is 5.32 Å². The number of benzene rings is 1. The smallest absolute Gasteiger partial charge is 0.317 e. The number of nitrogens with one attached hydrogen (secondary N) is 1. The molecule has 1 aliphatic carbocycles. The van der Waals surface area contributed by atoms with Gasteiger partial charge in [0.15, 0.2) is 5.13 Å². The molecule has 0 atom stereocenters. The van der Waals surface area contributed by atoms with Crippen molar-refractivity contribution >= 4 is 45.7 Å². The number of anilines is 1. The maximum atomic E-state index is 12.5.